The summed E-state index contributed by atoms with van der Waals surface area (Å²) in [5.74, 6) is -0.858. The van der Waals surface area contributed by atoms with Crippen molar-refractivity contribution < 1.29 is 14.7 Å². The number of phenols is 1. The van der Waals surface area contributed by atoms with E-state index in [9.17, 15) is 14.7 Å². The average molecular weight is 417 g/mol. The van der Waals surface area contributed by atoms with Gasteiger partial charge < -0.3 is 9.67 Å². The molecule has 0 saturated carbocycles. The standard InChI is InChI=1S/C23H19N3O3S/c1-14-5-10-20(15(2)12-14)26-22(29)19(21(28)24-23(26)30)13-17-4-3-11-25(17)16-6-8-18(27)9-7-16/h3-13,27H,1-2H3,(H,24,28,30). The number of benzene rings is 2. The van der Waals surface area contributed by atoms with Gasteiger partial charge >= 0.3 is 0 Å². The molecule has 1 fully saturated rings. The van der Waals surface area contributed by atoms with Crippen LogP contribution in [0.3, 0.4) is 0 Å². The van der Waals surface area contributed by atoms with Crippen molar-refractivity contribution in [1.82, 2.24) is 9.88 Å². The molecule has 0 spiro atoms. The van der Waals surface area contributed by atoms with Crippen LogP contribution in [0.4, 0.5) is 5.69 Å². The van der Waals surface area contributed by atoms with Crippen molar-refractivity contribution in [2.24, 2.45) is 0 Å². The lowest BCUT2D eigenvalue weighted by atomic mass is 10.1. The average Bonchev–Trinajstić information content (AvgIpc) is 3.15. The zero-order chi connectivity index (χ0) is 21.4. The van der Waals surface area contributed by atoms with Gasteiger partial charge in [-0.3, -0.25) is 19.8 Å². The Morgan fingerprint density at radius 3 is 2.47 bits per heavy atom. The Labute approximate surface area is 179 Å². The van der Waals surface area contributed by atoms with Crippen LogP contribution >= 0.6 is 12.2 Å². The highest BCUT2D eigenvalue weighted by atomic mass is 32.1. The third kappa shape index (κ3) is 3.51. The zero-order valence-corrected chi connectivity index (χ0v) is 17.2. The van der Waals surface area contributed by atoms with E-state index in [1.807, 2.05) is 48.9 Å². The Bertz CT molecular complexity index is 1210. The molecule has 1 aromatic heterocycles. The van der Waals surface area contributed by atoms with Crippen molar-refractivity contribution in [2.45, 2.75) is 13.8 Å². The Kier molecular flexibility index (Phi) is 4.97. The molecule has 1 saturated heterocycles. The molecule has 0 aliphatic carbocycles. The first-order valence-electron chi connectivity index (χ1n) is 9.30. The molecule has 1 aliphatic rings. The van der Waals surface area contributed by atoms with E-state index in [4.69, 9.17) is 12.2 Å². The summed E-state index contributed by atoms with van der Waals surface area (Å²) in [5, 5.41) is 12.2. The predicted octanol–water partition coefficient (Wildman–Crippen LogP) is 3.63. The Morgan fingerprint density at radius 1 is 1.03 bits per heavy atom. The van der Waals surface area contributed by atoms with E-state index in [0.29, 0.717) is 11.4 Å². The molecule has 0 bridgehead atoms. The van der Waals surface area contributed by atoms with Gasteiger partial charge in [0.25, 0.3) is 11.8 Å². The fraction of sp³-hybridized carbons (Fsp3) is 0.0870. The van der Waals surface area contributed by atoms with E-state index in [-0.39, 0.29) is 16.4 Å². The molecule has 1 aliphatic heterocycles. The van der Waals surface area contributed by atoms with Crippen molar-refractivity contribution in [1.29, 1.82) is 0 Å². The van der Waals surface area contributed by atoms with Crippen LogP contribution in [0.1, 0.15) is 16.8 Å². The van der Waals surface area contributed by atoms with Gasteiger partial charge in [0, 0.05) is 17.6 Å². The number of phenolic OH excluding ortho intramolecular Hbond substituents is 1. The number of nitrogens with zero attached hydrogens (tertiary/aromatic N) is 2. The lowest BCUT2D eigenvalue weighted by molar-refractivity contribution is -0.122. The van der Waals surface area contributed by atoms with Crippen LogP contribution in [0.25, 0.3) is 11.8 Å². The summed E-state index contributed by atoms with van der Waals surface area (Å²) in [6.07, 6.45) is 3.36. The summed E-state index contributed by atoms with van der Waals surface area (Å²) in [4.78, 5) is 27.2. The van der Waals surface area contributed by atoms with Crippen molar-refractivity contribution >= 4 is 40.9 Å². The first-order valence-corrected chi connectivity index (χ1v) is 9.71. The summed E-state index contributed by atoms with van der Waals surface area (Å²) in [5.41, 5.74) is 4.01. The number of thiocarbonyl (C=S) groups is 1. The van der Waals surface area contributed by atoms with Crippen LogP contribution < -0.4 is 10.2 Å². The smallest absolute Gasteiger partial charge is 0.270 e. The molecule has 4 rings (SSSR count). The number of nitrogens with one attached hydrogen (secondary N) is 1. The lowest BCUT2D eigenvalue weighted by Crippen LogP contribution is -2.54. The number of carbonyl (C=O) groups excluding carboxylic acids is 2. The van der Waals surface area contributed by atoms with Crippen LogP contribution in [0.2, 0.25) is 0 Å². The SMILES string of the molecule is Cc1ccc(N2C(=O)C(=Cc3cccn3-c3ccc(O)cc3)C(=O)NC2=S)c(C)c1. The minimum Gasteiger partial charge on any atom is -0.508 e. The normalized spacial score (nSPS) is 15.6. The summed E-state index contributed by atoms with van der Waals surface area (Å²) in [6.45, 7) is 3.87. The minimum atomic E-state index is -0.538. The zero-order valence-electron chi connectivity index (χ0n) is 16.4. The molecule has 2 aromatic carbocycles. The van der Waals surface area contributed by atoms with Gasteiger partial charge in [0.05, 0.1) is 5.69 Å². The molecule has 3 aromatic rings. The maximum Gasteiger partial charge on any atom is 0.270 e. The molecule has 2 N–H and O–H groups in total. The van der Waals surface area contributed by atoms with Crippen LogP contribution in [0, 0.1) is 13.8 Å². The minimum absolute atomic E-state index is 0.0118. The first-order chi connectivity index (χ1) is 14.3. The predicted molar refractivity (Wildman–Crippen MR) is 120 cm³/mol. The maximum atomic E-state index is 13.3. The van der Waals surface area contributed by atoms with E-state index >= 15 is 0 Å². The van der Waals surface area contributed by atoms with E-state index in [2.05, 4.69) is 5.32 Å². The molecule has 2 heterocycles. The molecule has 0 atom stereocenters. The summed E-state index contributed by atoms with van der Waals surface area (Å²) < 4.78 is 1.82. The highest BCUT2D eigenvalue weighted by Gasteiger charge is 2.35. The van der Waals surface area contributed by atoms with Crippen molar-refractivity contribution in [3.8, 4) is 11.4 Å². The molecule has 7 heteroatoms. The molecule has 6 nitrogen and oxygen atoms in total. The summed E-state index contributed by atoms with van der Waals surface area (Å²) in [7, 11) is 0. The molecule has 0 radical (unpaired) electrons. The van der Waals surface area contributed by atoms with Gasteiger partial charge in [0.2, 0.25) is 0 Å². The van der Waals surface area contributed by atoms with Crippen LogP contribution in [0.15, 0.2) is 66.4 Å². The fourth-order valence-corrected chi connectivity index (χ4v) is 3.71. The van der Waals surface area contributed by atoms with Crippen molar-refractivity contribution in [3.05, 3.63) is 83.2 Å². The third-order valence-electron chi connectivity index (χ3n) is 4.90. The van der Waals surface area contributed by atoms with Crippen molar-refractivity contribution in [3.63, 3.8) is 0 Å². The highest BCUT2D eigenvalue weighted by molar-refractivity contribution is 7.80. The topological polar surface area (TPSA) is 74.6 Å². The number of anilines is 1. The van der Waals surface area contributed by atoms with Gasteiger partial charge in [-0.15, -0.1) is 0 Å². The Balaban J connectivity index is 1.76. The van der Waals surface area contributed by atoms with Gasteiger partial charge in [0.15, 0.2) is 5.11 Å². The van der Waals surface area contributed by atoms with Crippen LogP contribution in [-0.4, -0.2) is 26.6 Å². The van der Waals surface area contributed by atoms with Gasteiger partial charge in [-0.2, -0.15) is 0 Å². The molecule has 2 amide bonds. The van der Waals surface area contributed by atoms with E-state index < -0.39 is 11.8 Å². The molecular formula is C23H19N3O3S. The van der Waals surface area contributed by atoms with Gasteiger partial charge in [-0.1, -0.05) is 17.7 Å². The Morgan fingerprint density at radius 2 is 1.77 bits per heavy atom. The lowest BCUT2D eigenvalue weighted by Gasteiger charge is -2.30. The number of carbonyl (C=O) groups is 2. The van der Waals surface area contributed by atoms with E-state index in [0.717, 1.165) is 16.8 Å². The molecule has 0 unspecified atom stereocenters. The third-order valence-corrected chi connectivity index (χ3v) is 5.18. The maximum absolute atomic E-state index is 13.3. The molecule has 150 valence electrons. The van der Waals surface area contributed by atoms with E-state index in [1.54, 1.807) is 36.4 Å². The van der Waals surface area contributed by atoms with Gasteiger partial charge in [-0.25, -0.2) is 0 Å². The summed E-state index contributed by atoms with van der Waals surface area (Å²) >= 11 is 5.29. The number of aromatic nitrogens is 1. The monoisotopic (exact) mass is 417 g/mol. The second-order valence-electron chi connectivity index (χ2n) is 7.07. The van der Waals surface area contributed by atoms with Crippen LogP contribution in [0.5, 0.6) is 5.75 Å². The van der Waals surface area contributed by atoms with Gasteiger partial charge in [-0.05, 0) is 80.2 Å². The highest BCUT2D eigenvalue weighted by Crippen LogP contribution is 2.26. The fourth-order valence-electron chi connectivity index (χ4n) is 3.44. The number of aryl methyl sites for hydroxylation is 2. The Hall–Kier alpha value is -3.71. The number of amides is 2. The molecular weight excluding hydrogens is 398 g/mol. The number of rotatable bonds is 3. The van der Waals surface area contributed by atoms with Crippen molar-refractivity contribution in [2.75, 3.05) is 4.90 Å². The number of aromatic hydroxyl groups is 1. The largest absolute Gasteiger partial charge is 0.508 e. The second kappa shape index (κ2) is 7.61. The first kappa shape index (κ1) is 19.6. The number of hydrogen-bond acceptors (Lipinski definition) is 4. The van der Waals surface area contributed by atoms with Gasteiger partial charge in [0.1, 0.15) is 11.3 Å². The second-order valence-corrected chi connectivity index (χ2v) is 7.45. The number of hydrogen-bond donors (Lipinski definition) is 2. The van der Waals surface area contributed by atoms with E-state index in [1.165, 1.54) is 4.90 Å². The quantitative estimate of drug-likeness (QED) is 0.388. The molecule has 30 heavy (non-hydrogen) atoms. The van der Waals surface area contributed by atoms with Crippen LogP contribution in [-0.2, 0) is 9.59 Å². The summed E-state index contributed by atoms with van der Waals surface area (Å²) in [6, 6.07) is 15.9.